The Balaban J connectivity index is 2.21. The van der Waals surface area contributed by atoms with Gasteiger partial charge in [-0.1, -0.05) is 50.0 Å². The summed E-state index contributed by atoms with van der Waals surface area (Å²) in [5, 5.41) is 0. The van der Waals surface area contributed by atoms with Crippen LogP contribution in [-0.4, -0.2) is 0 Å². The van der Waals surface area contributed by atoms with Crippen LogP contribution in [0.15, 0.2) is 23.3 Å². The average Bonchev–Trinajstić information content (AvgIpc) is 2.96. The molecule has 1 aliphatic carbocycles. The van der Waals surface area contributed by atoms with E-state index >= 15 is 0 Å². The summed E-state index contributed by atoms with van der Waals surface area (Å²) in [5.74, 6) is 0.970. The molecule has 0 heterocycles. The Bertz CT molecular complexity index is 317. The lowest BCUT2D eigenvalue weighted by Crippen LogP contribution is -1.98. The third-order valence-corrected chi connectivity index (χ3v) is 4.66. The SMILES string of the molecule is CCCC/C=C(\C)CC1CC1(C)CCCC=C(C)C. The first-order valence-corrected chi connectivity index (χ1v) is 8.27. The molecule has 1 rings (SSSR count). The highest BCUT2D eigenvalue weighted by Gasteiger charge is 2.48. The first-order chi connectivity index (χ1) is 8.98. The van der Waals surface area contributed by atoms with Crippen LogP contribution in [0.4, 0.5) is 0 Å². The highest BCUT2D eigenvalue weighted by molar-refractivity contribution is 5.08. The van der Waals surface area contributed by atoms with Crippen LogP contribution in [0.1, 0.15) is 86.0 Å². The van der Waals surface area contributed by atoms with Crippen LogP contribution in [0.2, 0.25) is 0 Å². The summed E-state index contributed by atoms with van der Waals surface area (Å²) in [7, 11) is 0. The standard InChI is InChI=1S/C19H34/c1-6-7-8-12-17(4)14-18-15-19(18,5)13-10-9-11-16(2)3/h11-12,18H,6-10,13-15H2,1-5H3/b17-12+. The quantitative estimate of drug-likeness (QED) is 0.321. The summed E-state index contributed by atoms with van der Waals surface area (Å²) in [6, 6.07) is 0. The van der Waals surface area contributed by atoms with Crippen molar-refractivity contribution in [3.8, 4) is 0 Å². The molecule has 0 bridgehead atoms. The Labute approximate surface area is 121 Å². The van der Waals surface area contributed by atoms with Gasteiger partial charge >= 0.3 is 0 Å². The Morgan fingerprint density at radius 2 is 1.79 bits per heavy atom. The third kappa shape index (κ3) is 6.45. The molecule has 0 spiro atoms. The van der Waals surface area contributed by atoms with E-state index in [-0.39, 0.29) is 0 Å². The molecule has 19 heavy (non-hydrogen) atoms. The second kappa shape index (κ2) is 7.92. The molecule has 0 nitrogen and oxygen atoms in total. The lowest BCUT2D eigenvalue weighted by Gasteiger charge is -2.11. The van der Waals surface area contributed by atoms with Crippen molar-refractivity contribution in [3.05, 3.63) is 23.3 Å². The zero-order chi connectivity index (χ0) is 14.3. The van der Waals surface area contributed by atoms with Gasteiger partial charge in [0.1, 0.15) is 0 Å². The van der Waals surface area contributed by atoms with Gasteiger partial charge in [0.25, 0.3) is 0 Å². The first-order valence-electron chi connectivity index (χ1n) is 8.27. The fraction of sp³-hybridized carbons (Fsp3) is 0.789. The summed E-state index contributed by atoms with van der Waals surface area (Å²) >= 11 is 0. The summed E-state index contributed by atoms with van der Waals surface area (Å²) in [5.41, 5.74) is 3.76. The lowest BCUT2D eigenvalue weighted by molar-refractivity contribution is 0.444. The van der Waals surface area contributed by atoms with E-state index in [2.05, 4.69) is 46.8 Å². The van der Waals surface area contributed by atoms with E-state index in [4.69, 9.17) is 0 Å². The van der Waals surface area contributed by atoms with E-state index in [1.807, 2.05) is 0 Å². The molecule has 2 atom stereocenters. The molecule has 0 aliphatic heterocycles. The van der Waals surface area contributed by atoms with Crippen molar-refractivity contribution in [1.29, 1.82) is 0 Å². The van der Waals surface area contributed by atoms with E-state index < -0.39 is 0 Å². The highest BCUT2D eigenvalue weighted by atomic mass is 14.5. The molecule has 0 aromatic carbocycles. The normalized spacial score (nSPS) is 26.4. The number of hydrogen-bond donors (Lipinski definition) is 0. The maximum absolute atomic E-state index is 2.50. The zero-order valence-corrected chi connectivity index (χ0v) is 13.9. The number of allylic oxidation sites excluding steroid dienone is 4. The summed E-state index contributed by atoms with van der Waals surface area (Å²) in [6.45, 7) is 11.5. The molecule has 0 amide bonds. The number of rotatable bonds is 9. The Kier molecular flexibility index (Phi) is 6.89. The summed E-state index contributed by atoms with van der Waals surface area (Å²) in [4.78, 5) is 0. The van der Waals surface area contributed by atoms with Gasteiger partial charge in [0, 0.05) is 0 Å². The van der Waals surface area contributed by atoms with Gasteiger partial charge < -0.3 is 0 Å². The maximum atomic E-state index is 2.50. The van der Waals surface area contributed by atoms with Crippen molar-refractivity contribution in [2.24, 2.45) is 11.3 Å². The van der Waals surface area contributed by atoms with Gasteiger partial charge in [0.05, 0.1) is 0 Å². The Hall–Kier alpha value is -0.520. The van der Waals surface area contributed by atoms with Crippen LogP contribution in [0.25, 0.3) is 0 Å². The van der Waals surface area contributed by atoms with Crippen molar-refractivity contribution in [2.45, 2.75) is 86.0 Å². The molecule has 1 saturated carbocycles. The summed E-state index contributed by atoms with van der Waals surface area (Å²) < 4.78 is 0. The van der Waals surface area contributed by atoms with Crippen molar-refractivity contribution in [3.63, 3.8) is 0 Å². The molecule has 0 N–H and O–H groups in total. The van der Waals surface area contributed by atoms with Gasteiger partial charge in [-0.05, 0) is 70.6 Å². The van der Waals surface area contributed by atoms with E-state index in [0.717, 1.165) is 5.92 Å². The van der Waals surface area contributed by atoms with Gasteiger partial charge in [-0.15, -0.1) is 0 Å². The molecule has 0 radical (unpaired) electrons. The van der Waals surface area contributed by atoms with Crippen LogP contribution in [0.3, 0.4) is 0 Å². The number of hydrogen-bond acceptors (Lipinski definition) is 0. The molecule has 1 aliphatic rings. The van der Waals surface area contributed by atoms with Gasteiger partial charge in [0.15, 0.2) is 0 Å². The molecule has 0 heteroatoms. The van der Waals surface area contributed by atoms with E-state index in [1.165, 1.54) is 56.9 Å². The van der Waals surface area contributed by atoms with E-state index in [1.54, 1.807) is 5.57 Å². The van der Waals surface area contributed by atoms with E-state index in [0.29, 0.717) is 5.41 Å². The van der Waals surface area contributed by atoms with Crippen LogP contribution >= 0.6 is 0 Å². The van der Waals surface area contributed by atoms with Crippen molar-refractivity contribution < 1.29 is 0 Å². The lowest BCUT2D eigenvalue weighted by atomic mass is 9.95. The molecule has 2 unspecified atom stereocenters. The highest BCUT2D eigenvalue weighted by Crippen LogP contribution is 2.58. The van der Waals surface area contributed by atoms with Crippen molar-refractivity contribution in [2.75, 3.05) is 0 Å². The molecular formula is C19H34. The average molecular weight is 262 g/mol. The van der Waals surface area contributed by atoms with Gasteiger partial charge in [0.2, 0.25) is 0 Å². The first kappa shape index (κ1) is 16.5. The molecular weight excluding hydrogens is 228 g/mol. The van der Waals surface area contributed by atoms with Crippen molar-refractivity contribution >= 4 is 0 Å². The fourth-order valence-electron chi connectivity index (χ4n) is 3.05. The molecule has 110 valence electrons. The zero-order valence-electron chi connectivity index (χ0n) is 13.9. The minimum absolute atomic E-state index is 0.662. The van der Waals surface area contributed by atoms with Crippen LogP contribution in [0, 0.1) is 11.3 Å². The third-order valence-electron chi connectivity index (χ3n) is 4.66. The topological polar surface area (TPSA) is 0 Å². The van der Waals surface area contributed by atoms with Gasteiger partial charge in [-0.2, -0.15) is 0 Å². The van der Waals surface area contributed by atoms with Crippen LogP contribution < -0.4 is 0 Å². The van der Waals surface area contributed by atoms with Crippen LogP contribution in [0.5, 0.6) is 0 Å². The Morgan fingerprint density at radius 3 is 2.42 bits per heavy atom. The van der Waals surface area contributed by atoms with Gasteiger partial charge in [-0.25, -0.2) is 0 Å². The fourth-order valence-corrected chi connectivity index (χ4v) is 3.05. The van der Waals surface area contributed by atoms with E-state index in [9.17, 15) is 0 Å². The summed E-state index contributed by atoms with van der Waals surface area (Å²) in [6.07, 6.45) is 15.7. The molecule has 0 aromatic heterocycles. The Morgan fingerprint density at radius 1 is 1.11 bits per heavy atom. The predicted octanol–water partition coefficient (Wildman–Crippen LogP) is 6.68. The minimum atomic E-state index is 0.662. The maximum Gasteiger partial charge on any atom is -0.0289 e. The van der Waals surface area contributed by atoms with Crippen LogP contribution in [-0.2, 0) is 0 Å². The van der Waals surface area contributed by atoms with Crippen molar-refractivity contribution in [1.82, 2.24) is 0 Å². The second-order valence-corrected chi connectivity index (χ2v) is 7.13. The molecule has 1 fully saturated rings. The minimum Gasteiger partial charge on any atom is -0.0859 e. The number of unbranched alkanes of at least 4 members (excludes halogenated alkanes) is 3. The smallest absolute Gasteiger partial charge is 0.0289 e. The largest absolute Gasteiger partial charge is 0.0859 e. The second-order valence-electron chi connectivity index (χ2n) is 7.13. The predicted molar refractivity (Wildman–Crippen MR) is 87.4 cm³/mol. The van der Waals surface area contributed by atoms with Gasteiger partial charge in [-0.3, -0.25) is 0 Å². The molecule has 0 aromatic rings. The monoisotopic (exact) mass is 262 g/mol. The molecule has 0 saturated heterocycles.